The lowest BCUT2D eigenvalue weighted by Crippen LogP contribution is -2.23. The molecule has 0 aromatic heterocycles. The summed E-state index contributed by atoms with van der Waals surface area (Å²) < 4.78 is 0. The maximum Gasteiger partial charge on any atom is 0.101 e. The Balaban J connectivity index is 1.98. The Labute approximate surface area is 119 Å². The molecule has 0 fully saturated rings. The standard InChI is InChI=1S/C17H17N3/c18-11-14-7-3-9-16(17(14)19)20-10-4-8-13-5-1-2-6-15(13)12-20/h1-3,5-7,9H,4,8,10,12,19H2. The van der Waals surface area contributed by atoms with Crippen LogP contribution in [0.25, 0.3) is 0 Å². The van der Waals surface area contributed by atoms with Gasteiger partial charge in [-0.1, -0.05) is 30.3 Å². The van der Waals surface area contributed by atoms with E-state index in [1.165, 1.54) is 11.1 Å². The van der Waals surface area contributed by atoms with Crippen molar-refractivity contribution in [1.82, 2.24) is 0 Å². The molecule has 2 N–H and O–H groups in total. The lowest BCUT2D eigenvalue weighted by atomic mass is 10.0. The first-order valence-electron chi connectivity index (χ1n) is 6.90. The molecule has 3 nitrogen and oxygen atoms in total. The first-order chi connectivity index (χ1) is 9.79. The van der Waals surface area contributed by atoms with Crippen LogP contribution in [0.3, 0.4) is 0 Å². The van der Waals surface area contributed by atoms with E-state index in [9.17, 15) is 0 Å². The van der Waals surface area contributed by atoms with Crippen molar-refractivity contribution < 1.29 is 0 Å². The van der Waals surface area contributed by atoms with Gasteiger partial charge in [-0.2, -0.15) is 5.26 Å². The lowest BCUT2D eigenvalue weighted by Gasteiger charge is -2.25. The van der Waals surface area contributed by atoms with E-state index in [2.05, 4.69) is 35.2 Å². The summed E-state index contributed by atoms with van der Waals surface area (Å²) in [5.74, 6) is 0. The van der Waals surface area contributed by atoms with E-state index in [1.807, 2.05) is 12.1 Å². The fourth-order valence-corrected chi connectivity index (χ4v) is 2.83. The number of nitriles is 1. The van der Waals surface area contributed by atoms with Gasteiger partial charge in [0.05, 0.1) is 16.9 Å². The number of fused-ring (bicyclic) bond motifs is 1. The number of hydrogen-bond acceptors (Lipinski definition) is 3. The van der Waals surface area contributed by atoms with E-state index >= 15 is 0 Å². The van der Waals surface area contributed by atoms with Gasteiger partial charge >= 0.3 is 0 Å². The number of nitrogens with zero attached hydrogens (tertiary/aromatic N) is 2. The minimum atomic E-state index is 0.556. The molecule has 0 saturated carbocycles. The highest BCUT2D eigenvalue weighted by molar-refractivity contribution is 5.74. The summed E-state index contributed by atoms with van der Waals surface area (Å²) in [6, 6.07) is 16.4. The van der Waals surface area contributed by atoms with Crippen LogP contribution in [0.15, 0.2) is 42.5 Å². The first kappa shape index (κ1) is 12.6. The van der Waals surface area contributed by atoms with Crippen LogP contribution in [0, 0.1) is 11.3 Å². The number of para-hydroxylation sites is 1. The van der Waals surface area contributed by atoms with Crippen LogP contribution in [0.1, 0.15) is 23.1 Å². The summed E-state index contributed by atoms with van der Waals surface area (Å²) in [6.07, 6.45) is 2.21. The van der Waals surface area contributed by atoms with Crippen molar-refractivity contribution >= 4 is 11.4 Å². The van der Waals surface area contributed by atoms with Crippen LogP contribution < -0.4 is 10.6 Å². The molecule has 0 amide bonds. The van der Waals surface area contributed by atoms with Crippen LogP contribution in [0.2, 0.25) is 0 Å². The predicted molar refractivity (Wildman–Crippen MR) is 81.4 cm³/mol. The third-order valence-corrected chi connectivity index (χ3v) is 3.90. The molecule has 100 valence electrons. The molecule has 1 aliphatic heterocycles. The molecular weight excluding hydrogens is 246 g/mol. The molecule has 0 saturated heterocycles. The molecule has 3 rings (SSSR count). The van der Waals surface area contributed by atoms with E-state index in [0.29, 0.717) is 11.3 Å². The molecule has 0 aliphatic carbocycles. The van der Waals surface area contributed by atoms with Crippen molar-refractivity contribution in [2.45, 2.75) is 19.4 Å². The Kier molecular flexibility index (Phi) is 3.30. The second-order valence-corrected chi connectivity index (χ2v) is 5.14. The van der Waals surface area contributed by atoms with Crippen LogP contribution in [-0.2, 0) is 13.0 Å². The molecule has 0 bridgehead atoms. The predicted octanol–water partition coefficient (Wildman–Crippen LogP) is 3.09. The topological polar surface area (TPSA) is 53.0 Å². The number of rotatable bonds is 1. The minimum absolute atomic E-state index is 0.556. The molecule has 2 aromatic carbocycles. The Morgan fingerprint density at radius 1 is 1.05 bits per heavy atom. The third kappa shape index (κ3) is 2.21. The highest BCUT2D eigenvalue weighted by atomic mass is 15.1. The smallest absolute Gasteiger partial charge is 0.101 e. The third-order valence-electron chi connectivity index (χ3n) is 3.90. The quantitative estimate of drug-likeness (QED) is 0.804. The van der Waals surface area contributed by atoms with Crippen molar-refractivity contribution in [3.63, 3.8) is 0 Å². The molecule has 0 radical (unpaired) electrons. The van der Waals surface area contributed by atoms with Crippen LogP contribution in [0.4, 0.5) is 11.4 Å². The van der Waals surface area contributed by atoms with Gasteiger partial charge in [0.1, 0.15) is 6.07 Å². The van der Waals surface area contributed by atoms with Gasteiger partial charge in [-0.15, -0.1) is 0 Å². The van der Waals surface area contributed by atoms with Crippen LogP contribution in [0.5, 0.6) is 0 Å². The summed E-state index contributed by atoms with van der Waals surface area (Å²) in [6.45, 7) is 1.82. The molecule has 0 spiro atoms. The fourth-order valence-electron chi connectivity index (χ4n) is 2.83. The lowest BCUT2D eigenvalue weighted by molar-refractivity contribution is 0.767. The van der Waals surface area contributed by atoms with E-state index in [1.54, 1.807) is 6.07 Å². The SMILES string of the molecule is N#Cc1cccc(N2CCCc3ccccc3C2)c1N. The van der Waals surface area contributed by atoms with E-state index in [4.69, 9.17) is 11.0 Å². The molecule has 3 heteroatoms. The first-order valence-corrected chi connectivity index (χ1v) is 6.90. The highest BCUT2D eigenvalue weighted by Gasteiger charge is 2.17. The summed E-state index contributed by atoms with van der Waals surface area (Å²) in [5, 5.41) is 9.11. The number of nitrogen functional groups attached to an aromatic ring is 1. The van der Waals surface area contributed by atoms with Crippen molar-refractivity contribution in [1.29, 1.82) is 5.26 Å². The Morgan fingerprint density at radius 3 is 2.65 bits per heavy atom. The van der Waals surface area contributed by atoms with Gasteiger partial charge in [-0.25, -0.2) is 0 Å². The molecule has 2 aromatic rings. The highest BCUT2D eigenvalue weighted by Crippen LogP contribution is 2.30. The molecule has 0 atom stereocenters. The molecule has 20 heavy (non-hydrogen) atoms. The van der Waals surface area contributed by atoms with E-state index in [-0.39, 0.29) is 0 Å². The average molecular weight is 263 g/mol. The second kappa shape index (κ2) is 5.26. The monoisotopic (exact) mass is 263 g/mol. The Hall–Kier alpha value is -2.47. The van der Waals surface area contributed by atoms with Gasteiger partial charge < -0.3 is 10.6 Å². The van der Waals surface area contributed by atoms with Gasteiger partial charge in [-0.05, 0) is 36.1 Å². The molecule has 0 unspecified atom stereocenters. The number of benzene rings is 2. The molecular formula is C17H17N3. The number of hydrogen-bond donors (Lipinski definition) is 1. The zero-order valence-corrected chi connectivity index (χ0v) is 11.3. The normalized spacial score (nSPS) is 14.2. The van der Waals surface area contributed by atoms with Gasteiger partial charge in [-0.3, -0.25) is 0 Å². The van der Waals surface area contributed by atoms with Crippen molar-refractivity contribution in [2.24, 2.45) is 0 Å². The molecule has 1 aliphatic rings. The summed E-state index contributed by atoms with van der Waals surface area (Å²) in [5.41, 5.74) is 11.0. The minimum Gasteiger partial charge on any atom is -0.396 e. The largest absolute Gasteiger partial charge is 0.396 e. The summed E-state index contributed by atoms with van der Waals surface area (Å²) in [4.78, 5) is 2.28. The maximum absolute atomic E-state index is 9.11. The van der Waals surface area contributed by atoms with Crippen molar-refractivity contribution in [3.8, 4) is 6.07 Å². The fraction of sp³-hybridized carbons (Fsp3) is 0.235. The van der Waals surface area contributed by atoms with Gasteiger partial charge in [0.15, 0.2) is 0 Å². The summed E-state index contributed by atoms with van der Waals surface area (Å²) in [7, 11) is 0. The second-order valence-electron chi connectivity index (χ2n) is 5.14. The zero-order valence-electron chi connectivity index (χ0n) is 11.3. The van der Waals surface area contributed by atoms with Crippen LogP contribution in [-0.4, -0.2) is 6.54 Å². The van der Waals surface area contributed by atoms with Gasteiger partial charge in [0.25, 0.3) is 0 Å². The van der Waals surface area contributed by atoms with E-state index < -0.39 is 0 Å². The number of nitrogens with two attached hydrogens (primary N) is 1. The Bertz CT molecular complexity index is 670. The summed E-state index contributed by atoms with van der Waals surface area (Å²) >= 11 is 0. The maximum atomic E-state index is 9.11. The van der Waals surface area contributed by atoms with Crippen molar-refractivity contribution in [3.05, 3.63) is 59.2 Å². The van der Waals surface area contributed by atoms with Gasteiger partial charge in [0.2, 0.25) is 0 Å². The Morgan fingerprint density at radius 2 is 1.85 bits per heavy atom. The molecule has 1 heterocycles. The number of aryl methyl sites for hydroxylation is 1. The zero-order chi connectivity index (χ0) is 13.9. The number of anilines is 2. The van der Waals surface area contributed by atoms with Crippen molar-refractivity contribution in [2.75, 3.05) is 17.2 Å². The average Bonchev–Trinajstić information content (AvgIpc) is 2.69. The van der Waals surface area contributed by atoms with Gasteiger partial charge in [0, 0.05) is 13.1 Å². The van der Waals surface area contributed by atoms with Crippen LogP contribution >= 0.6 is 0 Å². The van der Waals surface area contributed by atoms with E-state index in [0.717, 1.165) is 31.6 Å².